The highest BCUT2D eigenvalue weighted by Crippen LogP contribution is 2.55. The molecule has 2 nitrogen and oxygen atoms in total. The molecule has 0 heterocycles. The largest absolute Gasteiger partial charge is 0.489 e. The Bertz CT molecular complexity index is 1100. The maximum Gasteiger partial charge on any atom is 0.489 e. The fraction of sp³-hybridized carbons (Fsp3) is 0.0400. The summed E-state index contributed by atoms with van der Waals surface area (Å²) in [4.78, 5) is 0. The number of fused-ring (bicyclic) bond motifs is 3. The highest BCUT2D eigenvalue weighted by Gasteiger charge is 2.47. The molecule has 0 radical (unpaired) electrons. The van der Waals surface area contributed by atoms with E-state index in [-0.39, 0.29) is 0 Å². The zero-order valence-electron chi connectivity index (χ0n) is 15.3. The van der Waals surface area contributed by atoms with Gasteiger partial charge in [0.2, 0.25) is 0 Å². The van der Waals surface area contributed by atoms with E-state index in [1.165, 1.54) is 0 Å². The second-order valence-electron chi connectivity index (χ2n) is 7.17. The van der Waals surface area contributed by atoms with E-state index in [0.717, 1.165) is 33.4 Å². The van der Waals surface area contributed by atoms with Gasteiger partial charge in [-0.15, -0.1) is 0 Å². The summed E-state index contributed by atoms with van der Waals surface area (Å²) >= 11 is 0. The van der Waals surface area contributed by atoms with Crippen LogP contribution in [0.3, 0.4) is 0 Å². The fourth-order valence-corrected chi connectivity index (χ4v) is 4.74. The lowest BCUT2D eigenvalue weighted by Gasteiger charge is -2.33. The second-order valence-corrected chi connectivity index (χ2v) is 7.17. The average molecular weight is 362 g/mol. The van der Waals surface area contributed by atoms with Crippen LogP contribution < -0.4 is 5.46 Å². The van der Waals surface area contributed by atoms with Gasteiger partial charge in [-0.25, -0.2) is 0 Å². The summed E-state index contributed by atoms with van der Waals surface area (Å²) in [7, 11) is -1.52. The van der Waals surface area contributed by atoms with Gasteiger partial charge in [-0.05, 0) is 38.8 Å². The van der Waals surface area contributed by atoms with Crippen LogP contribution in [0.1, 0.15) is 22.3 Å². The molecule has 4 aromatic carbocycles. The zero-order chi connectivity index (χ0) is 19.1. The summed E-state index contributed by atoms with van der Waals surface area (Å²) in [6, 6.07) is 35.0. The van der Waals surface area contributed by atoms with Crippen molar-refractivity contribution in [3.8, 4) is 11.1 Å². The highest BCUT2D eigenvalue weighted by atomic mass is 16.4. The molecule has 0 aliphatic heterocycles. The minimum absolute atomic E-state index is 0.501. The maximum atomic E-state index is 10.1. The molecule has 0 spiro atoms. The van der Waals surface area contributed by atoms with Crippen molar-refractivity contribution >= 4 is 12.6 Å². The van der Waals surface area contributed by atoms with E-state index >= 15 is 0 Å². The van der Waals surface area contributed by atoms with Crippen LogP contribution in [0.25, 0.3) is 11.1 Å². The average Bonchev–Trinajstić information content (AvgIpc) is 3.06. The number of hydrogen-bond acceptors (Lipinski definition) is 2. The number of hydrogen-bond donors (Lipinski definition) is 2. The van der Waals surface area contributed by atoms with Gasteiger partial charge in [0.15, 0.2) is 0 Å². The third-order valence-electron chi connectivity index (χ3n) is 5.79. The lowest BCUT2D eigenvalue weighted by Crippen LogP contribution is -2.33. The molecule has 0 saturated carbocycles. The van der Waals surface area contributed by atoms with Crippen LogP contribution in [0.5, 0.6) is 0 Å². The van der Waals surface area contributed by atoms with E-state index in [1.807, 2.05) is 24.3 Å². The van der Waals surface area contributed by atoms with Gasteiger partial charge in [0.25, 0.3) is 0 Å². The van der Waals surface area contributed by atoms with Crippen LogP contribution in [0, 0.1) is 0 Å². The smallest absolute Gasteiger partial charge is 0.423 e. The molecule has 4 aromatic rings. The minimum atomic E-state index is -1.52. The molecule has 0 saturated heterocycles. The van der Waals surface area contributed by atoms with Gasteiger partial charge < -0.3 is 10.0 Å². The number of benzene rings is 4. The summed E-state index contributed by atoms with van der Waals surface area (Å²) in [5.41, 5.74) is 6.58. The van der Waals surface area contributed by atoms with E-state index in [1.54, 1.807) is 6.07 Å². The molecule has 1 aliphatic carbocycles. The predicted molar refractivity (Wildman–Crippen MR) is 114 cm³/mol. The van der Waals surface area contributed by atoms with Gasteiger partial charge in [-0.1, -0.05) is 103 Å². The van der Waals surface area contributed by atoms with Crippen molar-refractivity contribution in [1.29, 1.82) is 0 Å². The van der Waals surface area contributed by atoms with Gasteiger partial charge in [-0.3, -0.25) is 0 Å². The Morgan fingerprint density at radius 2 is 1.07 bits per heavy atom. The van der Waals surface area contributed by atoms with Crippen LogP contribution >= 0.6 is 0 Å². The van der Waals surface area contributed by atoms with Gasteiger partial charge in [0.1, 0.15) is 0 Å². The van der Waals surface area contributed by atoms with Gasteiger partial charge >= 0.3 is 7.12 Å². The lowest BCUT2D eigenvalue weighted by atomic mass is 9.66. The SMILES string of the molecule is OB(O)c1cccc2c1-c1ccccc1C2(c1ccccc1)c1ccccc1. The van der Waals surface area contributed by atoms with Crippen LogP contribution in [0.15, 0.2) is 103 Å². The van der Waals surface area contributed by atoms with E-state index in [4.69, 9.17) is 0 Å². The Morgan fingerprint density at radius 1 is 0.536 bits per heavy atom. The Hall–Kier alpha value is -3.14. The summed E-state index contributed by atoms with van der Waals surface area (Å²) in [6.07, 6.45) is 0. The van der Waals surface area contributed by atoms with Crippen molar-refractivity contribution in [1.82, 2.24) is 0 Å². The fourth-order valence-electron chi connectivity index (χ4n) is 4.74. The standard InChI is InChI=1S/C25H19BO2/c27-26(28)23-17-9-16-22-24(23)20-14-7-8-15-21(20)25(22,18-10-3-1-4-11-18)19-12-5-2-6-13-19/h1-17,27-28H. The van der Waals surface area contributed by atoms with Gasteiger partial charge in [0, 0.05) is 0 Å². The molecule has 0 aromatic heterocycles. The first-order valence-electron chi connectivity index (χ1n) is 9.45. The molecule has 0 unspecified atom stereocenters. The molecule has 0 fully saturated rings. The predicted octanol–water partition coefficient (Wildman–Crippen LogP) is 3.73. The Kier molecular flexibility index (Phi) is 3.94. The molecular weight excluding hydrogens is 343 g/mol. The van der Waals surface area contributed by atoms with E-state index in [0.29, 0.717) is 5.46 Å². The van der Waals surface area contributed by atoms with Crippen molar-refractivity contribution in [3.05, 3.63) is 125 Å². The Balaban J connectivity index is 1.99. The van der Waals surface area contributed by atoms with Crippen molar-refractivity contribution < 1.29 is 10.0 Å². The highest BCUT2D eigenvalue weighted by molar-refractivity contribution is 6.60. The molecule has 0 amide bonds. The molecule has 28 heavy (non-hydrogen) atoms. The van der Waals surface area contributed by atoms with Crippen LogP contribution in [-0.4, -0.2) is 17.2 Å². The molecule has 5 rings (SSSR count). The van der Waals surface area contributed by atoms with Crippen molar-refractivity contribution in [2.75, 3.05) is 0 Å². The molecule has 1 aliphatic rings. The molecule has 0 bridgehead atoms. The Labute approximate surface area is 164 Å². The van der Waals surface area contributed by atoms with Crippen molar-refractivity contribution in [2.45, 2.75) is 5.41 Å². The minimum Gasteiger partial charge on any atom is -0.423 e. The number of rotatable bonds is 3. The Morgan fingerprint density at radius 3 is 1.68 bits per heavy atom. The quantitative estimate of drug-likeness (QED) is 0.480. The van der Waals surface area contributed by atoms with E-state index in [2.05, 4.69) is 72.8 Å². The molecule has 134 valence electrons. The third-order valence-corrected chi connectivity index (χ3v) is 5.79. The monoisotopic (exact) mass is 362 g/mol. The van der Waals surface area contributed by atoms with Crippen molar-refractivity contribution in [3.63, 3.8) is 0 Å². The summed E-state index contributed by atoms with van der Waals surface area (Å²) in [5.74, 6) is 0. The van der Waals surface area contributed by atoms with Crippen molar-refractivity contribution in [2.24, 2.45) is 0 Å². The van der Waals surface area contributed by atoms with Crippen LogP contribution in [0.2, 0.25) is 0 Å². The summed E-state index contributed by atoms with van der Waals surface area (Å²) in [6.45, 7) is 0. The molecule has 3 heteroatoms. The lowest BCUT2D eigenvalue weighted by molar-refractivity contribution is 0.426. The maximum absolute atomic E-state index is 10.1. The summed E-state index contributed by atoms with van der Waals surface area (Å²) < 4.78 is 0. The molecule has 0 atom stereocenters. The first-order chi connectivity index (χ1) is 13.7. The second kappa shape index (κ2) is 6.48. The first kappa shape index (κ1) is 17.0. The normalized spacial score (nSPS) is 13.6. The molecular formula is C25H19BO2. The first-order valence-corrected chi connectivity index (χ1v) is 9.45. The van der Waals surface area contributed by atoms with Gasteiger partial charge in [-0.2, -0.15) is 0 Å². The third kappa shape index (κ3) is 2.24. The van der Waals surface area contributed by atoms with Gasteiger partial charge in [0.05, 0.1) is 5.41 Å². The van der Waals surface area contributed by atoms with E-state index in [9.17, 15) is 10.0 Å². The topological polar surface area (TPSA) is 40.5 Å². The molecule has 2 N–H and O–H groups in total. The van der Waals surface area contributed by atoms with Crippen LogP contribution in [-0.2, 0) is 5.41 Å². The zero-order valence-corrected chi connectivity index (χ0v) is 15.3. The van der Waals surface area contributed by atoms with E-state index < -0.39 is 12.5 Å². The van der Waals surface area contributed by atoms with Crippen LogP contribution in [0.4, 0.5) is 0 Å². The summed E-state index contributed by atoms with van der Waals surface area (Å²) in [5, 5.41) is 20.2.